The van der Waals surface area contributed by atoms with Crippen LogP contribution in [0.1, 0.15) is 24.0 Å². The number of fused-ring (bicyclic) bond motifs is 1. The second kappa shape index (κ2) is 10.6. The summed E-state index contributed by atoms with van der Waals surface area (Å²) >= 11 is 6.57. The van der Waals surface area contributed by atoms with Crippen LogP contribution in [-0.4, -0.2) is 53.2 Å². The molecule has 11 heteroatoms. The van der Waals surface area contributed by atoms with Gasteiger partial charge in [0.05, 0.1) is 24.2 Å². The molecule has 0 spiro atoms. The van der Waals surface area contributed by atoms with Crippen LogP contribution >= 0.6 is 11.6 Å². The molecule has 6 rings (SSSR count). The summed E-state index contributed by atoms with van der Waals surface area (Å²) in [6, 6.07) is 15.5. The van der Waals surface area contributed by atoms with Crippen molar-refractivity contribution in [2.45, 2.75) is 38.1 Å². The molecule has 1 aliphatic heterocycles. The van der Waals surface area contributed by atoms with Gasteiger partial charge in [0.25, 0.3) is 5.56 Å². The van der Waals surface area contributed by atoms with Crippen molar-refractivity contribution in [1.29, 1.82) is 0 Å². The summed E-state index contributed by atoms with van der Waals surface area (Å²) in [6.45, 7) is 2.64. The molecule has 0 atom stereocenters. The average Bonchev–Trinajstić information content (AvgIpc) is 3.61. The summed E-state index contributed by atoms with van der Waals surface area (Å²) in [5.74, 6) is 0. The Kier molecular flexibility index (Phi) is 7.01. The monoisotopic (exact) mass is 559 g/mol. The second-order valence-corrected chi connectivity index (χ2v) is 10.8. The van der Waals surface area contributed by atoms with E-state index in [0.717, 1.165) is 33.6 Å². The molecule has 0 unspecified atom stereocenters. The van der Waals surface area contributed by atoms with Crippen LogP contribution in [0.3, 0.4) is 0 Å². The highest BCUT2D eigenvalue weighted by Crippen LogP contribution is 2.30. The van der Waals surface area contributed by atoms with Crippen LogP contribution in [0.2, 0.25) is 5.02 Å². The van der Waals surface area contributed by atoms with Crippen molar-refractivity contribution < 1.29 is 9.63 Å². The normalized spacial score (nSPS) is 15.6. The van der Waals surface area contributed by atoms with Gasteiger partial charge in [0.15, 0.2) is 5.52 Å². The van der Waals surface area contributed by atoms with E-state index in [-0.39, 0.29) is 17.6 Å². The predicted molar refractivity (Wildman–Crippen MR) is 153 cm³/mol. The molecule has 10 nitrogen and oxygen atoms in total. The molecule has 206 valence electrons. The number of nitrogens with two attached hydrogens (primary N) is 1. The van der Waals surface area contributed by atoms with Crippen LogP contribution in [0.5, 0.6) is 0 Å². The van der Waals surface area contributed by atoms with E-state index in [9.17, 15) is 9.90 Å². The molecule has 0 aliphatic carbocycles. The molecule has 0 saturated carbocycles. The predicted octanol–water partition coefficient (Wildman–Crippen LogP) is 3.59. The summed E-state index contributed by atoms with van der Waals surface area (Å²) in [5.41, 5.74) is 10.6. The Labute approximate surface area is 235 Å². The molecule has 40 heavy (non-hydrogen) atoms. The van der Waals surface area contributed by atoms with Crippen LogP contribution in [-0.2, 0) is 26.7 Å². The van der Waals surface area contributed by atoms with Gasteiger partial charge in [-0.3, -0.25) is 18.9 Å². The number of hydrogen-bond acceptors (Lipinski definition) is 8. The standard InChI is InChI=1S/C29H30ClN7O3/c1-35-27(20-4-2-19(15-31)3-5-20)25-26(33-35)28(38)37(18-32-25)17-29(39)9-11-36(12-10-29)16-22-7-6-21(14-23(22)30)24-8-13-40-34-24/h2-8,13-14,18,39H,9-12,15-17,31H2,1H3. The molecule has 1 aliphatic rings. The second-order valence-electron chi connectivity index (χ2n) is 10.4. The number of halogens is 1. The molecule has 1 saturated heterocycles. The van der Waals surface area contributed by atoms with Gasteiger partial charge >= 0.3 is 0 Å². The maximum Gasteiger partial charge on any atom is 0.281 e. The lowest BCUT2D eigenvalue weighted by Crippen LogP contribution is -2.47. The van der Waals surface area contributed by atoms with Gasteiger partial charge in [-0.25, -0.2) is 4.98 Å². The lowest BCUT2D eigenvalue weighted by Gasteiger charge is -2.38. The summed E-state index contributed by atoms with van der Waals surface area (Å²) in [4.78, 5) is 20.2. The minimum Gasteiger partial charge on any atom is -0.388 e. The molecule has 1 fully saturated rings. The highest BCUT2D eigenvalue weighted by atomic mass is 35.5. The quantitative estimate of drug-likeness (QED) is 0.309. The van der Waals surface area contributed by atoms with Crippen LogP contribution < -0.4 is 11.3 Å². The maximum atomic E-state index is 13.4. The molecule has 0 radical (unpaired) electrons. The van der Waals surface area contributed by atoms with Crippen molar-refractivity contribution in [2.75, 3.05) is 13.1 Å². The number of rotatable bonds is 7. The lowest BCUT2D eigenvalue weighted by atomic mass is 9.91. The van der Waals surface area contributed by atoms with E-state index in [1.165, 1.54) is 17.2 Å². The van der Waals surface area contributed by atoms with E-state index in [1.807, 2.05) is 42.5 Å². The Morgan fingerprint density at radius 3 is 2.50 bits per heavy atom. The third-order valence-electron chi connectivity index (χ3n) is 7.71. The van der Waals surface area contributed by atoms with Crippen molar-refractivity contribution in [3.05, 3.63) is 87.6 Å². The van der Waals surface area contributed by atoms with Crippen LogP contribution in [0.4, 0.5) is 0 Å². The smallest absolute Gasteiger partial charge is 0.281 e. The zero-order valence-corrected chi connectivity index (χ0v) is 22.9. The lowest BCUT2D eigenvalue weighted by molar-refractivity contribution is -0.0364. The Hall–Kier alpha value is -3.83. The largest absolute Gasteiger partial charge is 0.388 e. The van der Waals surface area contributed by atoms with Crippen LogP contribution in [0.15, 0.2) is 70.4 Å². The van der Waals surface area contributed by atoms with Crippen LogP contribution in [0.25, 0.3) is 33.5 Å². The fraction of sp³-hybridized carbons (Fsp3) is 0.310. The molecule has 5 aromatic rings. The van der Waals surface area contributed by atoms with E-state index in [4.69, 9.17) is 21.9 Å². The fourth-order valence-electron chi connectivity index (χ4n) is 5.37. The molecule has 3 aromatic heterocycles. The SMILES string of the molecule is Cn1nc2c(=O)n(CC3(O)CCN(Cc4ccc(-c5ccon5)cc4Cl)CC3)cnc2c1-c1ccc(CN)cc1. The van der Waals surface area contributed by atoms with Gasteiger partial charge < -0.3 is 15.4 Å². The number of likely N-dealkylation sites (tertiary alicyclic amines) is 1. The summed E-state index contributed by atoms with van der Waals surface area (Å²) in [6.07, 6.45) is 4.09. The van der Waals surface area contributed by atoms with Crippen molar-refractivity contribution in [3.63, 3.8) is 0 Å². The number of hydrogen-bond donors (Lipinski definition) is 2. The highest BCUT2D eigenvalue weighted by molar-refractivity contribution is 6.31. The van der Waals surface area contributed by atoms with Gasteiger partial charge in [-0.15, -0.1) is 0 Å². The van der Waals surface area contributed by atoms with Crippen molar-refractivity contribution in [3.8, 4) is 22.5 Å². The van der Waals surface area contributed by atoms with E-state index < -0.39 is 5.60 Å². The van der Waals surface area contributed by atoms with E-state index >= 15 is 0 Å². The summed E-state index contributed by atoms with van der Waals surface area (Å²) < 4.78 is 8.08. The van der Waals surface area contributed by atoms with Gasteiger partial charge in [0, 0.05) is 55.4 Å². The third-order valence-corrected chi connectivity index (χ3v) is 8.06. The zero-order chi connectivity index (χ0) is 27.9. The molecule has 3 N–H and O–H groups in total. The van der Waals surface area contributed by atoms with Gasteiger partial charge in [-0.2, -0.15) is 5.10 Å². The van der Waals surface area contributed by atoms with Crippen molar-refractivity contribution in [1.82, 2.24) is 29.4 Å². The third kappa shape index (κ3) is 5.06. The molecule has 0 amide bonds. The van der Waals surface area contributed by atoms with E-state index in [2.05, 4.69) is 20.1 Å². The first-order valence-corrected chi connectivity index (χ1v) is 13.6. The first-order chi connectivity index (χ1) is 19.3. The number of aromatic nitrogens is 5. The molecule has 2 aromatic carbocycles. The minimum atomic E-state index is -1.02. The van der Waals surface area contributed by atoms with Crippen LogP contribution in [0, 0.1) is 0 Å². The van der Waals surface area contributed by atoms with E-state index in [1.54, 1.807) is 17.8 Å². The molecule has 4 heterocycles. The number of aryl methyl sites for hydroxylation is 1. The van der Waals surface area contributed by atoms with Gasteiger partial charge in [0.2, 0.25) is 0 Å². The molecule has 0 bridgehead atoms. The summed E-state index contributed by atoms with van der Waals surface area (Å²) in [7, 11) is 1.80. The Morgan fingerprint density at radius 1 is 1.07 bits per heavy atom. The Morgan fingerprint density at radius 2 is 1.82 bits per heavy atom. The van der Waals surface area contributed by atoms with Crippen molar-refractivity contribution >= 4 is 22.6 Å². The van der Waals surface area contributed by atoms with Crippen molar-refractivity contribution in [2.24, 2.45) is 12.8 Å². The average molecular weight is 560 g/mol. The minimum absolute atomic E-state index is 0.160. The topological polar surface area (TPSA) is 128 Å². The molecular weight excluding hydrogens is 530 g/mol. The number of piperidine rings is 1. The number of aliphatic hydroxyl groups is 1. The van der Waals surface area contributed by atoms with E-state index in [0.29, 0.717) is 49.6 Å². The fourth-order valence-corrected chi connectivity index (χ4v) is 5.61. The van der Waals surface area contributed by atoms with Gasteiger partial charge in [-0.05, 0) is 30.0 Å². The first kappa shape index (κ1) is 26.4. The number of nitrogens with zero attached hydrogens (tertiary/aromatic N) is 6. The molecular formula is C29H30ClN7O3. The van der Waals surface area contributed by atoms with Gasteiger partial charge in [0.1, 0.15) is 17.5 Å². The Bertz CT molecular complexity index is 1700. The zero-order valence-electron chi connectivity index (χ0n) is 22.1. The maximum absolute atomic E-state index is 13.4. The first-order valence-electron chi connectivity index (χ1n) is 13.2. The number of benzene rings is 2. The summed E-state index contributed by atoms with van der Waals surface area (Å²) in [5, 5.41) is 20.5. The highest BCUT2D eigenvalue weighted by Gasteiger charge is 2.33. The van der Waals surface area contributed by atoms with Gasteiger partial charge in [-0.1, -0.05) is 53.2 Å². The Balaban J connectivity index is 1.14.